The maximum atomic E-state index is 6.03. The summed E-state index contributed by atoms with van der Waals surface area (Å²) in [4.78, 5) is 4.21. The van der Waals surface area contributed by atoms with Crippen LogP contribution in [0.15, 0.2) is 52.1 Å². The van der Waals surface area contributed by atoms with E-state index in [4.69, 9.17) is 9.15 Å². The van der Waals surface area contributed by atoms with E-state index in [0.717, 1.165) is 23.9 Å². The van der Waals surface area contributed by atoms with E-state index in [2.05, 4.69) is 35.5 Å². The maximum Gasteiger partial charge on any atom is 0.191 e. The van der Waals surface area contributed by atoms with Gasteiger partial charge in [-0.2, -0.15) is 0 Å². The summed E-state index contributed by atoms with van der Waals surface area (Å²) in [5.74, 6) is 2.50. The number of nitrogens with one attached hydrogen (secondary N) is 2. The monoisotopic (exact) mass is 315 g/mol. The third kappa shape index (κ3) is 5.70. The predicted octanol–water partition coefficient (Wildman–Crippen LogP) is 3.11. The second-order valence-electron chi connectivity index (χ2n) is 5.35. The van der Waals surface area contributed by atoms with Crippen LogP contribution < -0.4 is 15.4 Å². The smallest absolute Gasteiger partial charge is 0.191 e. The summed E-state index contributed by atoms with van der Waals surface area (Å²) >= 11 is 0. The van der Waals surface area contributed by atoms with Gasteiger partial charge in [0.1, 0.15) is 17.6 Å². The van der Waals surface area contributed by atoms with Crippen LogP contribution in [0.4, 0.5) is 0 Å². The Morgan fingerprint density at radius 1 is 1.26 bits per heavy atom. The van der Waals surface area contributed by atoms with Gasteiger partial charge in [-0.05, 0) is 43.2 Å². The second-order valence-corrected chi connectivity index (χ2v) is 5.35. The summed E-state index contributed by atoms with van der Waals surface area (Å²) in [6, 6.07) is 11.9. The van der Waals surface area contributed by atoms with Gasteiger partial charge in [0, 0.05) is 7.05 Å². The molecule has 23 heavy (non-hydrogen) atoms. The van der Waals surface area contributed by atoms with E-state index < -0.39 is 0 Å². The molecule has 1 aromatic carbocycles. The Labute approximate surface area is 137 Å². The van der Waals surface area contributed by atoms with Crippen LogP contribution in [-0.4, -0.2) is 25.7 Å². The van der Waals surface area contributed by atoms with Crippen molar-refractivity contribution in [2.24, 2.45) is 4.99 Å². The standard InChI is InChI=1S/C18H25N3O2/c1-4-15(23-16-8-5-7-14(2)11-16)12-20-18(19-3)21-13-17-9-6-10-22-17/h5-11,15H,4,12-13H2,1-3H3,(H2,19,20,21). The van der Waals surface area contributed by atoms with Gasteiger partial charge >= 0.3 is 0 Å². The van der Waals surface area contributed by atoms with E-state index >= 15 is 0 Å². The lowest BCUT2D eigenvalue weighted by Crippen LogP contribution is -2.42. The Kier molecular flexibility index (Phi) is 6.54. The van der Waals surface area contributed by atoms with Gasteiger partial charge in [-0.1, -0.05) is 19.1 Å². The molecule has 124 valence electrons. The van der Waals surface area contributed by atoms with Gasteiger partial charge < -0.3 is 19.8 Å². The highest BCUT2D eigenvalue weighted by molar-refractivity contribution is 5.79. The van der Waals surface area contributed by atoms with Crippen molar-refractivity contribution in [2.75, 3.05) is 13.6 Å². The molecule has 1 heterocycles. The Bertz CT molecular complexity index is 608. The zero-order valence-corrected chi connectivity index (χ0v) is 14.0. The highest BCUT2D eigenvalue weighted by Gasteiger charge is 2.09. The number of hydrogen-bond donors (Lipinski definition) is 2. The Morgan fingerprint density at radius 2 is 2.13 bits per heavy atom. The lowest BCUT2D eigenvalue weighted by molar-refractivity contribution is 0.199. The van der Waals surface area contributed by atoms with Crippen molar-refractivity contribution in [1.82, 2.24) is 10.6 Å². The molecule has 0 saturated heterocycles. The van der Waals surface area contributed by atoms with Crippen LogP contribution in [0.25, 0.3) is 0 Å². The van der Waals surface area contributed by atoms with Gasteiger partial charge in [-0.3, -0.25) is 4.99 Å². The topological polar surface area (TPSA) is 58.8 Å². The number of nitrogens with zero attached hydrogens (tertiary/aromatic N) is 1. The van der Waals surface area contributed by atoms with Crippen LogP contribution in [0.5, 0.6) is 5.75 Å². The number of furan rings is 1. The molecule has 0 bridgehead atoms. The molecule has 2 rings (SSSR count). The molecular formula is C18H25N3O2. The Balaban J connectivity index is 1.81. The molecule has 0 fully saturated rings. The largest absolute Gasteiger partial charge is 0.489 e. The summed E-state index contributed by atoms with van der Waals surface area (Å²) in [6.07, 6.45) is 2.66. The number of benzene rings is 1. The van der Waals surface area contributed by atoms with E-state index in [1.54, 1.807) is 13.3 Å². The third-order valence-corrected chi connectivity index (χ3v) is 3.48. The fourth-order valence-corrected chi connectivity index (χ4v) is 2.17. The third-order valence-electron chi connectivity index (χ3n) is 3.48. The van der Waals surface area contributed by atoms with Crippen molar-refractivity contribution in [3.05, 3.63) is 54.0 Å². The lowest BCUT2D eigenvalue weighted by atomic mass is 10.2. The molecule has 0 aliphatic heterocycles. The van der Waals surface area contributed by atoms with Crippen LogP contribution in [-0.2, 0) is 6.54 Å². The molecule has 5 heteroatoms. The first-order valence-corrected chi connectivity index (χ1v) is 7.91. The molecule has 2 N–H and O–H groups in total. The quantitative estimate of drug-likeness (QED) is 0.609. The van der Waals surface area contributed by atoms with Gasteiger partial charge in [-0.15, -0.1) is 0 Å². The molecule has 5 nitrogen and oxygen atoms in total. The molecule has 0 saturated carbocycles. The van der Waals surface area contributed by atoms with Gasteiger partial charge in [0.05, 0.1) is 19.4 Å². The Hall–Kier alpha value is -2.43. The first kappa shape index (κ1) is 16.9. The average molecular weight is 315 g/mol. The average Bonchev–Trinajstić information content (AvgIpc) is 3.07. The Morgan fingerprint density at radius 3 is 2.78 bits per heavy atom. The van der Waals surface area contributed by atoms with Gasteiger partial charge in [0.15, 0.2) is 5.96 Å². The zero-order valence-electron chi connectivity index (χ0n) is 14.0. The fourth-order valence-electron chi connectivity index (χ4n) is 2.17. The summed E-state index contributed by atoms with van der Waals surface area (Å²) in [6.45, 7) is 5.46. The second kappa shape index (κ2) is 8.88. The molecule has 1 unspecified atom stereocenters. The first-order chi connectivity index (χ1) is 11.2. The highest BCUT2D eigenvalue weighted by atomic mass is 16.5. The van der Waals surface area contributed by atoms with Crippen LogP contribution in [0.2, 0.25) is 0 Å². The summed E-state index contributed by atoms with van der Waals surface area (Å²) in [5, 5.41) is 6.50. The SMILES string of the molecule is CCC(CNC(=NC)NCc1ccco1)Oc1cccc(C)c1. The van der Waals surface area contributed by atoms with Crippen LogP contribution in [0.1, 0.15) is 24.7 Å². The molecule has 2 aromatic rings. The zero-order chi connectivity index (χ0) is 16.5. The number of ether oxygens (including phenoxy) is 1. The van der Waals surface area contributed by atoms with Crippen LogP contribution in [0, 0.1) is 6.92 Å². The molecular weight excluding hydrogens is 290 g/mol. The molecule has 0 spiro atoms. The van der Waals surface area contributed by atoms with Crippen molar-refractivity contribution in [3.8, 4) is 5.75 Å². The summed E-state index contributed by atoms with van der Waals surface area (Å²) < 4.78 is 11.3. The number of aryl methyl sites for hydroxylation is 1. The minimum absolute atomic E-state index is 0.0824. The molecule has 0 radical (unpaired) electrons. The van der Waals surface area contributed by atoms with Gasteiger partial charge in [0.2, 0.25) is 0 Å². The summed E-state index contributed by atoms with van der Waals surface area (Å²) in [7, 11) is 1.75. The van der Waals surface area contributed by atoms with Gasteiger partial charge in [0.25, 0.3) is 0 Å². The van der Waals surface area contributed by atoms with Crippen molar-refractivity contribution in [1.29, 1.82) is 0 Å². The molecule has 1 aromatic heterocycles. The predicted molar refractivity (Wildman–Crippen MR) is 92.8 cm³/mol. The number of aliphatic imine (C=N–C) groups is 1. The van der Waals surface area contributed by atoms with Crippen LogP contribution in [0.3, 0.4) is 0 Å². The minimum Gasteiger partial charge on any atom is -0.489 e. The minimum atomic E-state index is 0.0824. The summed E-state index contributed by atoms with van der Waals surface area (Å²) in [5.41, 5.74) is 1.20. The number of hydrogen-bond acceptors (Lipinski definition) is 3. The number of rotatable bonds is 7. The number of guanidine groups is 1. The molecule has 0 aliphatic rings. The van der Waals surface area contributed by atoms with E-state index in [1.165, 1.54) is 5.56 Å². The highest BCUT2D eigenvalue weighted by Crippen LogP contribution is 2.15. The van der Waals surface area contributed by atoms with E-state index in [9.17, 15) is 0 Å². The van der Waals surface area contributed by atoms with Crippen molar-refractivity contribution >= 4 is 5.96 Å². The lowest BCUT2D eigenvalue weighted by Gasteiger charge is -2.20. The molecule has 0 amide bonds. The van der Waals surface area contributed by atoms with E-state index in [1.807, 2.05) is 30.3 Å². The maximum absolute atomic E-state index is 6.03. The van der Waals surface area contributed by atoms with Crippen molar-refractivity contribution in [3.63, 3.8) is 0 Å². The van der Waals surface area contributed by atoms with E-state index in [0.29, 0.717) is 13.1 Å². The van der Waals surface area contributed by atoms with Crippen molar-refractivity contribution < 1.29 is 9.15 Å². The van der Waals surface area contributed by atoms with Crippen molar-refractivity contribution in [2.45, 2.75) is 32.9 Å². The van der Waals surface area contributed by atoms with Gasteiger partial charge in [-0.25, -0.2) is 0 Å². The normalized spacial score (nSPS) is 12.7. The molecule has 1 atom stereocenters. The fraction of sp³-hybridized carbons (Fsp3) is 0.389. The first-order valence-electron chi connectivity index (χ1n) is 7.91. The van der Waals surface area contributed by atoms with E-state index in [-0.39, 0.29) is 6.10 Å². The molecule has 0 aliphatic carbocycles. The van der Waals surface area contributed by atoms with Crippen LogP contribution >= 0.6 is 0 Å².